The number of para-hydroxylation sites is 1. The smallest absolute Gasteiger partial charge is 0.123 e. The molecule has 0 heterocycles. The van der Waals surface area contributed by atoms with E-state index < -0.39 is 0 Å². The quantitative estimate of drug-likeness (QED) is 0.221. The Bertz CT molecular complexity index is 1340. The first-order chi connectivity index (χ1) is 19.1. The SMILES string of the molecule is CC.CC.CNc1ccc2ccc(-c3ccccc3)cc2c1/C=C\Cc1ccccc1OC(C)/C=C(/C)OC. The van der Waals surface area contributed by atoms with Crippen LogP contribution in [0.25, 0.3) is 28.0 Å². The number of ether oxygens (including phenoxy) is 2. The zero-order valence-corrected chi connectivity index (χ0v) is 24.9. The standard InChI is InChI=1S/C32H33NO2.2C2H6/c1-23(34-4)21-24(2)35-32-16-9-8-13-27(32)14-10-15-29-30-22-28(25-11-6-5-7-12-25)18-17-26(30)19-20-31(29)33-3;2*1-2/h5-13,15-22,24,33H,14H2,1-4H3;2*1-2H3/b15-10-,23-21-;;. The molecule has 0 saturated carbocycles. The predicted molar refractivity (Wildman–Crippen MR) is 172 cm³/mol. The third kappa shape index (κ3) is 8.78. The summed E-state index contributed by atoms with van der Waals surface area (Å²) in [6.07, 6.45) is 7.11. The van der Waals surface area contributed by atoms with Gasteiger partial charge >= 0.3 is 0 Å². The molecule has 1 N–H and O–H groups in total. The van der Waals surface area contributed by atoms with Crippen molar-refractivity contribution >= 4 is 22.5 Å². The van der Waals surface area contributed by atoms with E-state index in [1.807, 2.05) is 66.8 Å². The Balaban J connectivity index is 0.00000127. The van der Waals surface area contributed by atoms with Gasteiger partial charge in [0.15, 0.2) is 0 Å². The molecule has 1 unspecified atom stereocenters. The van der Waals surface area contributed by atoms with Crippen molar-refractivity contribution in [1.82, 2.24) is 0 Å². The Labute approximate surface area is 236 Å². The summed E-state index contributed by atoms with van der Waals surface area (Å²) in [4.78, 5) is 0. The van der Waals surface area contributed by atoms with Gasteiger partial charge in [0.05, 0.1) is 12.9 Å². The zero-order chi connectivity index (χ0) is 28.6. The number of hydrogen-bond donors (Lipinski definition) is 1. The van der Waals surface area contributed by atoms with E-state index in [2.05, 4.69) is 90.3 Å². The molecule has 4 aromatic rings. The maximum absolute atomic E-state index is 6.20. The molecule has 206 valence electrons. The normalized spacial score (nSPS) is 11.6. The van der Waals surface area contributed by atoms with Crippen LogP contribution in [-0.2, 0) is 11.2 Å². The number of hydrogen-bond acceptors (Lipinski definition) is 3. The first kappa shape index (κ1) is 31.2. The summed E-state index contributed by atoms with van der Waals surface area (Å²) in [6, 6.07) is 29.7. The molecule has 0 aliphatic rings. The fourth-order valence-electron chi connectivity index (χ4n) is 4.27. The Hall–Kier alpha value is -3.98. The van der Waals surface area contributed by atoms with Crippen molar-refractivity contribution in [2.24, 2.45) is 0 Å². The van der Waals surface area contributed by atoms with E-state index in [4.69, 9.17) is 9.47 Å². The van der Waals surface area contributed by atoms with Gasteiger partial charge in [0.2, 0.25) is 0 Å². The lowest BCUT2D eigenvalue weighted by atomic mass is 9.96. The molecule has 4 rings (SSSR count). The molecule has 3 heteroatoms. The van der Waals surface area contributed by atoms with Crippen LogP contribution in [-0.4, -0.2) is 20.3 Å². The second-order valence-electron chi connectivity index (χ2n) is 8.60. The van der Waals surface area contributed by atoms with Gasteiger partial charge in [0, 0.05) is 18.3 Å². The van der Waals surface area contributed by atoms with Gasteiger partial charge in [-0.3, -0.25) is 0 Å². The minimum atomic E-state index is -0.0783. The summed E-state index contributed by atoms with van der Waals surface area (Å²) in [7, 11) is 3.65. The van der Waals surface area contributed by atoms with Gasteiger partial charge in [-0.25, -0.2) is 0 Å². The van der Waals surface area contributed by atoms with E-state index in [1.54, 1.807) is 7.11 Å². The second-order valence-corrected chi connectivity index (χ2v) is 8.60. The maximum Gasteiger partial charge on any atom is 0.123 e. The van der Waals surface area contributed by atoms with Crippen LogP contribution in [0.4, 0.5) is 5.69 Å². The molecule has 3 nitrogen and oxygen atoms in total. The minimum Gasteiger partial charge on any atom is -0.502 e. The maximum atomic E-state index is 6.20. The summed E-state index contributed by atoms with van der Waals surface area (Å²) in [5, 5.41) is 5.82. The van der Waals surface area contributed by atoms with E-state index in [0.29, 0.717) is 0 Å². The molecule has 4 aromatic carbocycles. The van der Waals surface area contributed by atoms with Gasteiger partial charge in [-0.05, 0) is 72.0 Å². The molecule has 0 aliphatic heterocycles. The topological polar surface area (TPSA) is 30.5 Å². The summed E-state index contributed by atoms with van der Waals surface area (Å²) in [5.41, 5.74) is 5.88. The first-order valence-corrected chi connectivity index (χ1v) is 14.0. The monoisotopic (exact) mass is 523 g/mol. The third-order valence-electron chi connectivity index (χ3n) is 6.14. The Kier molecular flexibility index (Phi) is 13.4. The average molecular weight is 524 g/mol. The highest BCUT2D eigenvalue weighted by molar-refractivity contribution is 5.98. The Morgan fingerprint density at radius 1 is 0.846 bits per heavy atom. The minimum absolute atomic E-state index is 0.0783. The van der Waals surface area contributed by atoms with Crippen molar-refractivity contribution in [2.45, 2.75) is 54.1 Å². The molecule has 0 bridgehead atoms. The van der Waals surface area contributed by atoms with Crippen molar-refractivity contribution in [3.8, 4) is 16.9 Å². The van der Waals surface area contributed by atoms with Crippen molar-refractivity contribution in [3.05, 3.63) is 114 Å². The lowest BCUT2D eigenvalue weighted by Crippen LogP contribution is -2.10. The molecule has 0 aromatic heterocycles. The molecular weight excluding hydrogens is 478 g/mol. The zero-order valence-electron chi connectivity index (χ0n) is 24.9. The molecule has 0 radical (unpaired) electrons. The van der Waals surface area contributed by atoms with Crippen LogP contribution >= 0.6 is 0 Å². The number of rotatable bonds is 9. The van der Waals surface area contributed by atoms with Crippen molar-refractivity contribution in [3.63, 3.8) is 0 Å². The molecule has 0 spiro atoms. The Morgan fingerprint density at radius 2 is 1.51 bits per heavy atom. The number of benzene rings is 4. The van der Waals surface area contributed by atoms with Gasteiger partial charge in [-0.2, -0.15) is 0 Å². The summed E-state index contributed by atoms with van der Waals surface area (Å²) in [5.74, 6) is 1.74. The van der Waals surface area contributed by atoms with Gasteiger partial charge in [0.25, 0.3) is 0 Å². The number of anilines is 1. The fraction of sp³-hybridized carbons (Fsp3) is 0.278. The highest BCUT2D eigenvalue weighted by atomic mass is 16.5. The van der Waals surface area contributed by atoms with Crippen LogP contribution in [0.5, 0.6) is 5.75 Å². The molecule has 0 saturated heterocycles. The predicted octanol–water partition coefficient (Wildman–Crippen LogP) is 10.2. The number of nitrogens with one attached hydrogen (secondary N) is 1. The van der Waals surface area contributed by atoms with Crippen LogP contribution in [0, 0.1) is 0 Å². The van der Waals surface area contributed by atoms with Crippen LogP contribution in [0.3, 0.4) is 0 Å². The fourth-order valence-corrected chi connectivity index (χ4v) is 4.27. The van der Waals surface area contributed by atoms with E-state index >= 15 is 0 Å². The van der Waals surface area contributed by atoms with E-state index in [-0.39, 0.29) is 6.10 Å². The molecule has 39 heavy (non-hydrogen) atoms. The lowest BCUT2D eigenvalue weighted by Gasteiger charge is -2.15. The first-order valence-electron chi connectivity index (χ1n) is 14.0. The number of allylic oxidation sites excluding steroid dienone is 2. The van der Waals surface area contributed by atoms with Crippen LogP contribution in [0.2, 0.25) is 0 Å². The lowest BCUT2D eigenvalue weighted by molar-refractivity contribution is 0.245. The van der Waals surface area contributed by atoms with Gasteiger partial charge in [0.1, 0.15) is 11.9 Å². The van der Waals surface area contributed by atoms with Crippen LogP contribution in [0.15, 0.2) is 103 Å². The highest BCUT2D eigenvalue weighted by Gasteiger charge is 2.09. The largest absolute Gasteiger partial charge is 0.502 e. The van der Waals surface area contributed by atoms with Gasteiger partial charge < -0.3 is 14.8 Å². The van der Waals surface area contributed by atoms with Crippen LogP contribution < -0.4 is 10.1 Å². The van der Waals surface area contributed by atoms with Crippen LogP contribution in [0.1, 0.15) is 52.7 Å². The summed E-state index contributed by atoms with van der Waals surface area (Å²) >= 11 is 0. The summed E-state index contributed by atoms with van der Waals surface area (Å²) < 4.78 is 11.5. The van der Waals surface area contributed by atoms with Gasteiger partial charge in [-0.15, -0.1) is 0 Å². The number of methoxy groups -OCH3 is 1. The van der Waals surface area contributed by atoms with Crippen molar-refractivity contribution in [1.29, 1.82) is 0 Å². The van der Waals surface area contributed by atoms with Crippen molar-refractivity contribution < 1.29 is 9.47 Å². The summed E-state index contributed by atoms with van der Waals surface area (Å²) in [6.45, 7) is 12.0. The Morgan fingerprint density at radius 3 is 2.21 bits per heavy atom. The molecule has 0 aliphatic carbocycles. The molecule has 0 fully saturated rings. The van der Waals surface area contributed by atoms with E-state index in [1.165, 1.54) is 27.5 Å². The van der Waals surface area contributed by atoms with Gasteiger partial charge in [-0.1, -0.05) is 107 Å². The third-order valence-corrected chi connectivity index (χ3v) is 6.14. The van der Waals surface area contributed by atoms with E-state index in [9.17, 15) is 0 Å². The molecule has 1 atom stereocenters. The second kappa shape index (κ2) is 16.8. The highest BCUT2D eigenvalue weighted by Crippen LogP contribution is 2.32. The average Bonchev–Trinajstić information content (AvgIpc) is 3.00. The molecule has 0 amide bonds. The van der Waals surface area contributed by atoms with Crippen molar-refractivity contribution in [2.75, 3.05) is 19.5 Å². The van der Waals surface area contributed by atoms with E-state index in [0.717, 1.165) is 29.2 Å². The molecular formula is C36H45NO2. The number of fused-ring (bicyclic) bond motifs is 1.